The van der Waals surface area contributed by atoms with E-state index in [2.05, 4.69) is 0 Å². The molecule has 0 aliphatic carbocycles. The van der Waals surface area contributed by atoms with Crippen LogP contribution in [0.2, 0.25) is 0 Å². The monoisotopic (exact) mass is 374 g/mol. The minimum atomic E-state index is -6.09. The van der Waals surface area contributed by atoms with Gasteiger partial charge in [0.05, 0.1) is 0 Å². The van der Waals surface area contributed by atoms with Crippen LogP contribution in [0, 0.1) is 0 Å². The van der Waals surface area contributed by atoms with Crippen molar-refractivity contribution >= 4 is 0 Å². The second-order valence-electron chi connectivity index (χ2n) is 4.34. The summed E-state index contributed by atoms with van der Waals surface area (Å²) < 4.78 is 33.6. The van der Waals surface area contributed by atoms with Crippen LogP contribution < -0.4 is 0 Å². The molecule has 0 rings (SSSR count). The van der Waals surface area contributed by atoms with Gasteiger partial charge < -0.3 is 0 Å². The summed E-state index contributed by atoms with van der Waals surface area (Å²) >= 11 is -6.09. The van der Waals surface area contributed by atoms with E-state index in [1.54, 1.807) is 0 Å². The molecule has 0 saturated carbocycles. The van der Waals surface area contributed by atoms with Gasteiger partial charge in [-0.05, 0) is 0 Å². The Morgan fingerprint density at radius 3 is 1.30 bits per heavy atom. The zero-order valence-electron chi connectivity index (χ0n) is 13.0. The van der Waals surface area contributed by atoms with Gasteiger partial charge in [-0.2, -0.15) is 0 Å². The summed E-state index contributed by atoms with van der Waals surface area (Å²) in [6.45, 7) is 8.40. The van der Waals surface area contributed by atoms with E-state index < -0.39 is 20.5 Å². The molecule has 0 unspecified atom stereocenters. The summed E-state index contributed by atoms with van der Waals surface area (Å²) in [5, 5.41) is 0. The molecule has 0 aromatic heterocycles. The minimum absolute atomic E-state index is 0.170. The Morgan fingerprint density at radius 1 is 0.650 bits per heavy atom. The van der Waals surface area contributed by atoms with Crippen LogP contribution in [0.5, 0.6) is 0 Å². The van der Waals surface area contributed by atoms with Crippen molar-refractivity contribution in [3.63, 3.8) is 0 Å². The first-order valence-corrected chi connectivity index (χ1v) is 12.4. The molecule has 0 amide bonds. The Kier molecular flexibility index (Phi) is 11.3. The van der Waals surface area contributed by atoms with Crippen LogP contribution >= 0.6 is 0 Å². The van der Waals surface area contributed by atoms with Crippen LogP contribution in [-0.2, 0) is 44.7 Å². The molecule has 7 nitrogen and oxygen atoms in total. The molecule has 20 heavy (non-hydrogen) atoms. The third kappa shape index (κ3) is 8.03. The topological polar surface area (TPSA) is 72.5 Å². The van der Waals surface area contributed by atoms with E-state index in [-0.39, 0.29) is 26.4 Å². The molecule has 0 aliphatic rings. The van der Waals surface area contributed by atoms with Crippen LogP contribution in [0.1, 0.15) is 53.4 Å². The first kappa shape index (κ1) is 20.4. The maximum atomic E-state index is 13.0. The number of hydrogen-bond donors (Lipinski definition) is 0. The second-order valence-corrected chi connectivity index (χ2v) is 10.7. The van der Waals surface area contributed by atoms with E-state index in [1.165, 1.54) is 0 Å². The predicted molar refractivity (Wildman–Crippen MR) is 67.8 cm³/mol. The Balaban J connectivity index is 4.89. The average molecular weight is 376 g/mol. The molecule has 0 N–H and O–H groups in total. The molecule has 0 aromatic rings. The van der Waals surface area contributed by atoms with Crippen molar-refractivity contribution in [2.45, 2.75) is 53.4 Å². The fourth-order valence-electron chi connectivity index (χ4n) is 1.13. The second kappa shape index (κ2) is 11.1. The predicted octanol–water partition coefficient (Wildman–Crippen LogP) is 3.25. The van der Waals surface area contributed by atoms with Gasteiger partial charge in [0.1, 0.15) is 0 Å². The Bertz CT molecular complexity index is 268. The zero-order chi connectivity index (χ0) is 15.3. The normalized spacial score (nSPS) is 12.8. The third-order valence-electron chi connectivity index (χ3n) is 2.05. The molecule has 0 radical (unpaired) electrons. The van der Waals surface area contributed by atoms with Gasteiger partial charge in [-0.15, -0.1) is 0 Å². The van der Waals surface area contributed by atoms with Crippen molar-refractivity contribution in [3.8, 4) is 0 Å². The van der Waals surface area contributed by atoms with Gasteiger partial charge in [-0.25, -0.2) is 0 Å². The molecule has 0 heterocycles. The van der Waals surface area contributed by atoms with Crippen molar-refractivity contribution in [2.75, 3.05) is 26.4 Å². The van der Waals surface area contributed by atoms with E-state index in [1.807, 2.05) is 27.7 Å². The van der Waals surface area contributed by atoms with Gasteiger partial charge in [0.25, 0.3) is 0 Å². The molecule has 0 saturated heterocycles. The van der Waals surface area contributed by atoms with Crippen molar-refractivity contribution in [3.05, 3.63) is 0 Å². The molecule has 0 aromatic carbocycles. The van der Waals surface area contributed by atoms with Crippen LogP contribution in [0.15, 0.2) is 0 Å². The molecule has 0 fully saturated rings. The van der Waals surface area contributed by atoms with Crippen LogP contribution in [0.25, 0.3) is 0 Å². The van der Waals surface area contributed by atoms with Crippen molar-refractivity contribution in [2.24, 2.45) is 0 Å². The maximum absolute atomic E-state index is 13.0. The van der Waals surface area contributed by atoms with E-state index in [0.717, 1.165) is 0 Å². The Labute approximate surface area is 124 Å². The van der Waals surface area contributed by atoms with E-state index in [0.29, 0.717) is 25.7 Å². The van der Waals surface area contributed by atoms with Gasteiger partial charge in [0.2, 0.25) is 0 Å². The van der Waals surface area contributed by atoms with E-state index in [4.69, 9.17) is 21.3 Å². The molecule has 122 valence electrons. The van der Waals surface area contributed by atoms with Crippen molar-refractivity contribution in [1.82, 2.24) is 0 Å². The molecule has 0 bridgehead atoms. The number of rotatable bonds is 14. The van der Waals surface area contributed by atoms with Gasteiger partial charge in [0, 0.05) is 0 Å². The van der Waals surface area contributed by atoms with E-state index >= 15 is 0 Å². The molecule has 0 spiro atoms. The SMILES string of the molecule is CCCO[O][Zr](=[O])([O]CCC)([O]CCC)[O]OCCC. The summed E-state index contributed by atoms with van der Waals surface area (Å²) in [5.41, 5.74) is 0. The van der Waals surface area contributed by atoms with Gasteiger partial charge in [-0.3, -0.25) is 0 Å². The molecule has 0 aliphatic heterocycles. The first-order chi connectivity index (χ1) is 9.54. The van der Waals surface area contributed by atoms with Gasteiger partial charge in [-0.1, -0.05) is 0 Å². The summed E-state index contributed by atoms with van der Waals surface area (Å²) in [6, 6.07) is 0. The summed E-state index contributed by atoms with van der Waals surface area (Å²) in [4.78, 5) is 9.80. The van der Waals surface area contributed by atoms with Crippen LogP contribution in [-0.4, -0.2) is 26.4 Å². The molecule has 8 heteroatoms. The third-order valence-corrected chi connectivity index (χ3v) is 7.29. The Hall–Kier alpha value is 0.443. The summed E-state index contributed by atoms with van der Waals surface area (Å²) in [5.74, 6) is 0. The fourth-order valence-corrected chi connectivity index (χ4v) is 5.88. The zero-order valence-corrected chi connectivity index (χ0v) is 15.5. The van der Waals surface area contributed by atoms with Crippen molar-refractivity contribution < 1.29 is 44.7 Å². The molecule has 0 atom stereocenters. The average Bonchev–Trinajstić information content (AvgIpc) is 2.44. The van der Waals surface area contributed by atoms with Gasteiger partial charge in [0.15, 0.2) is 0 Å². The summed E-state index contributed by atoms with van der Waals surface area (Å²) in [6.07, 6.45) is 2.66. The standard InChI is InChI=1S/2C3H8O2.2C3H7O.O.Zr/c2*1-2-3-5-4;2*1-2-3-4;;/h2*4H,2-3H2,1H3;2*2-3H2,1H3;;/q;;2*-1;;+4/p-2. The van der Waals surface area contributed by atoms with Crippen LogP contribution in [0.4, 0.5) is 0 Å². The number of hydrogen-bond acceptors (Lipinski definition) is 7. The Morgan fingerprint density at radius 2 is 1.00 bits per heavy atom. The van der Waals surface area contributed by atoms with E-state index in [9.17, 15) is 2.81 Å². The summed E-state index contributed by atoms with van der Waals surface area (Å²) in [7, 11) is 0. The molecular weight excluding hydrogens is 347 g/mol. The van der Waals surface area contributed by atoms with Gasteiger partial charge >= 0.3 is 124 Å². The fraction of sp³-hybridized carbons (Fsp3) is 1.00. The quantitative estimate of drug-likeness (QED) is 0.262. The van der Waals surface area contributed by atoms with Crippen molar-refractivity contribution in [1.29, 1.82) is 0 Å². The first-order valence-electron chi connectivity index (χ1n) is 7.34. The molecular formula is C12H28O7Zr. The van der Waals surface area contributed by atoms with Crippen LogP contribution in [0.3, 0.4) is 0 Å².